The summed E-state index contributed by atoms with van der Waals surface area (Å²) in [6.07, 6.45) is 3.10. The number of carbonyl (C=O) groups excluding carboxylic acids is 1. The fraction of sp³-hybridized carbons (Fsp3) is 0.357. The Bertz CT molecular complexity index is 634. The monoisotopic (exact) mass is 307 g/mol. The van der Waals surface area contributed by atoms with Gasteiger partial charge in [0.25, 0.3) is 5.91 Å². The van der Waals surface area contributed by atoms with Gasteiger partial charge in [-0.1, -0.05) is 6.07 Å². The first kappa shape index (κ1) is 15.2. The van der Waals surface area contributed by atoms with Gasteiger partial charge in [0.2, 0.25) is 0 Å². The second-order valence-corrected chi connectivity index (χ2v) is 5.95. The first-order chi connectivity index (χ1) is 9.91. The Morgan fingerprint density at radius 3 is 2.62 bits per heavy atom. The summed E-state index contributed by atoms with van der Waals surface area (Å²) in [5, 5.41) is 15.3. The van der Waals surface area contributed by atoms with Crippen LogP contribution < -0.4 is 0 Å². The molecule has 0 aliphatic rings. The normalized spacial score (nSPS) is 12.4. The summed E-state index contributed by atoms with van der Waals surface area (Å²) in [6, 6.07) is 2.64. The zero-order chi connectivity index (χ0) is 15.6. The minimum atomic E-state index is -1.05. The van der Waals surface area contributed by atoms with Gasteiger partial charge in [0.1, 0.15) is 0 Å². The second-order valence-electron chi connectivity index (χ2n) is 4.98. The lowest BCUT2D eigenvalue weighted by molar-refractivity contribution is -0.142. The molecule has 112 valence electrons. The van der Waals surface area contributed by atoms with E-state index in [9.17, 15) is 14.7 Å². The lowest BCUT2D eigenvalue weighted by atomic mass is 10.2. The Hall–Kier alpha value is -2.15. The highest BCUT2D eigenvalue weighted by molar-refractivity contribution is 7.10. The molecule has 0 bridgehead atoms. The van der Waals surface area contributed by atoms with Gasteiger partial charge in [0, 0.05) is 24.2 Å². The van der Waals surface area contributed by atoms with Gasteiger partial charge in [-0.25, -0.2) is 4.79 Å². The van der Waals surface area contributed by atoms with Crippen LogP contribution in [0.1, 0.15) is 41.2 Å². The van der Waals surface area contributed by atoms with Crippen LogP contribution in [-0.4, -0.2) is 38.7 Å². The maximum atomic E-state index is 12.4. The SMILES string of the molecule is CC(C)n1cc(C(=O)N(C)[C@@H](C(=O)O)c2cccs2)cn1. The standard InChI is InChI=1S/C14H17N3O3S/c1-9(2)17-8-10(7-15-17)13(18)16(3)12(14(19)20)11-5-4-6-21-11/h4-9,12H,1-3H3,(H,19,20)/t12-/m1/s1. The number of carbonyl (C=O) groups is 2. The summed E-state index contributed by atoms with van der Waals surface area (Å²) in [7, 11) is 1.49. The Kier molecular flexibility index (Phi) is 4.42. The van der Waals surface area contributed by atoms with Gasteiger partial charge in [-0.15, -0.1) is 11.3 Å². The van der Waals surface area contributed by atoms with Crippen molar-refractivity contribution >= 4 is 23.2 Å². The number of thiophene rings is 1. The smallest absolute Gasteiger partial charge is 0.331 e. The lowest BCUT2D eigenvalue weighted by Crippen LogP contribution is -2.35. The highest BCUT2D eigenvalue weighted by atomic mass is 32.1. The van der Waals surface area contributed by atoms with Crippen LogP contribution >= 0.6 is 11.3 Å². The van der Waals surface area contributed by atoms with Crippen LogP contribution in [0.25, 0.3) is 0 Å². The highest BCUT2D eigenvalue weighted by Gasteiger charge is 2.30. The molecule has 2 rings (SSSR count). The van der Waals surface area contributed by atoms with E-state index >= 15 is 0 Å². The minimum Gasteiger partial charge on any atom is -0.479 e. The van der Waals surface area contributed by atoms with Crippen molar-refractivity contribution in [1.29, 1.82) is 0 Å². The van der Waals surface area contributed by atoms with Crippen molar-refractivity contribution in [2.24, 2.45) is 0 Å². The van der Waals surface area contributed by atoms with Crippen molar-refractivity contribution in [2.75, 3.05) is 7.05 Å². The molecule has 2 heterocycles. The summed E-state index contributed by atoms with van der Waals surface area (Å²) in [4.78, 5) is 25.8. The van der Waals surface area contributed by atoms with E-state index in [0.717, 1.165) is 0 Å². The Balaban J connectivity index is 2.26. The van der Waals surface area contributed by atoms with E-state index in [4.69, 9.17) is 0 Å². The first-order valence-corrected chi connectivity index (χ1v) is 7.37. The number of rotatable bonds is 5. The van der Waals surface area contributed by atoms with E-state index < -0.39 is 12.0 Å². The van der Waals surface area contributed by atoms with Crippen LogP contribution in [0, 0.1) is 0 Å². The van der Waals surface area contributed by atoms with Gasteiger partial charge >= 0.3 is 5.97 Å². The summed E-state index contributed by atoms with van der Waals surface area (Å²) >= 11 is 1.31. The van der Waals surface area contributed by atoms with Crippen LogP contribution in [0.3, 0.4) is 0 Å². The molecule has 1 amide bonds. The molecule has 0 saturated carbocycles. The molecule has 2 aromatic rings. The molecule has 0 radical (unpaired) electrons. The topological polar surface area (TPSA) is 75.4 Å². The zero-order valence-corrected chi connectivity index (χ0v) is 12.9. The average molecular weight is 307 g/mol. The van der Waals surface area contributed by atoms with Crippen LogP contribution in [0.4, 0.5) is 0 Å². The van der Waals surface area contributed by atoms with Gasteiger partial charge in [0.15, 0.2) is 6.04 Å². The number of aliphatic carboxylic acids is 1. The van der Waals surface area contributed by atoms with E-state index in [2.05, 4.69) is 5.10 Å². The molecule has 0 aromatic carbocycles. The number of amides is 1. The van der Waals surface area contributed by atoms with Crippen LogP contribution in [0.5, 0.6) is 0 Å². The molecule has 0 aliphatic heterocycles. The predicted octanol–water partition coefficient (Wildman–Crippen LogP) is 2.42. The number of likely N-dealkylation sites (N-methyl/N-ethyl adjacent to an activating group) is 1. The Morgan fingerprint density at radius 2 is 2.14 bits per heavy atom. The molecule has 2 aromatic heterocycles. The Labute approximate surface area is 126 Å². The van der Waals surface area contributed by atoms with Crippen molar-refractivity contribution in [3.8, 4) is 0 Å². The van der Waals surface area contributed by atoms with Crippen LogP contribution in [-0.2, 0) is 4.79 Å². The van der Waals surface area contributed by atoms with Crippen molar-refractivity contribution in [3.63, 3.8) is 0 Å². The van der Waals surface area contributed by atoms with Gasteiger partial charge in [0.05, 0.1) is 11.8 Å². The fourth-order valence-electron chi connectivity index (χ4n) is 1.98. The van der Waals surface area contributed by atoms with Crippen molar-refractivity contribution in [3.05, 3.63) is 40.3 Å². The maximum absolute atomic E-state index is 12.4. The minimum absolute atomic E-state index is 0.143. The molecule has 0 aliphatic carbocycles. The van der Waals surface area contributed by atoms with Gasteiger partial charge in [-0.05, 0) is 25.3 Å². The van der Waals surface area contributed by atoms with Crippen molar-refractivity contribution in [1.82, 2.24) is 14.7 Å². The van der Waals surface area contributed by atoms with E-state index in [1.807, 2.05) is 13.8 Å². The zero-order valence-electron chi connectivity index (χ0n) is 12.1. The molecule has 7 heteroatoms. The van der Waals surface area contributed by atoms with E-state index in [0.29, 0.717) is 10.4 Å². The number of hydrogen-bond donors (Lipinski definition) is 1. The molecule has 0 saturated heterocycles. The number of aromatic nitrogens is 2. The van der Waals surface area contributed by atoms with E-state index in [1.165, 1.54) is 29.5 Å². The van der Waals surface area contributed by atoms with Gasteiger partial charge in [-0.2, -0.15) is 5.10 Å². The molecule has 21 heavy (non-hydrogen) atoms. The fourth-order valence-corrected chi connectivity index (χ4v) is 2.84. The van der Waals surface area contributed by atoms with Gasteiger partial charge < -0.3 is 10.0 Å². The molecule has 1 N–H and O–H groups in total. The van der Waals surface area contributed by atoms with E-state index in [-0.39, 0.29) is 11.9 Å². The quantitative estimate of drug-likeness (QED) is 0.920. The summed E-state index contributed by atoms with van der Waals surface area (Å²) in [5.74, 6) is -1.41. The summed E-state index contributed by atoms with van der Waals surface area (Å²) in [5.41, 5.74) is 0.383. The molecule has 1 atom stereocenters. The van der Waals surface area contributed by atoms with Crippen molar-refractivity contribution < 1.29 is 14.7 Å². The molecule has 6 nitrogen and oxygen atoms in total. The third-order valence-electron chi connectivity index (χ3n) is 3.13. The molecule has 0 unspecified atom stereocenters. The van der Waals surface area contributed by atoms with Crippen molar-refractivity contribution in [2.45, 2.75) is 25.9 Å². The molecule has 0 fully saturated rings. The molecular weight excluding hydrogens is 290 g/mol. The second kappa shape index (κ2) is 6.09. The van der Waals surface area contributed by atoms with Crippen LogP contribution in [0.15, 0.2) is 29.9 Å². The van der Waals surface area contributed by atoms with E-state index in [1.54, 1.807) is 28.4 Å². The number of carboxylic acid groups (broad SMARTS) is 1. The predicted molar refractivity (Wildman–Crippen MR) is 79.4 cm³/mol. The highest BCUT2D eigenvalue weighted by Crippen LogP contribution is 2.25. The summed E-state index contributed by atoms with van der Waals surface area (Å²) < 4.78 is 1.67. The first-order valence-electron chi connectivity index (χ1n) is 6.49. The Morgan fingerprint density at radius 1 is 1.43 bits per heavy atom. The largest absolute Gasteiger partial charge is 0.479 e. The number of nitrogens with zero attached hydrogens (tertiary/aromatic N) is 3. The third-order valence-corrected chi connectivity index (χ3v) is 4.06. The lowest BCUT2D eigenvalue weighted by Gasteiger charge is -2.23. The maximum Gasteiger partial charge on any atom is 0.331 e. The molecule has 0 spiro atoms. The third kappa shape index (κ3) is 3.13. The number of hydrogen-bond acceptors (Lipinski definition) is 4. The summed E-state index contributed by atoms with van der Waals surface area (Å²) in [6.45, 7) is 3.91. The molecular formula is C14H17N3O3S. The van der Waals surface area contributed by atoms with Gasteiger partial charge in [-0.3, -0.25) is 9.48 Å². The number of carboxylic acids is 1. The average Bonchev–Trinajstić information content (AvgIpc) is 3.08. The van der Waals surface area contributed by atoms with Crippen LogP contribution in [0.2, 0.25) is 0 Å².